The lowest BCUT2D eigenvalue weighted by molar-refractivity contribution is 0.413. The molecule has 0 heterocycles. The molecule has 2 aromatic carbocycles. The Labute approximate surface area is 132 Å². The van der Waals surface area contributed by atoms with Gasteiger partial charge in [0.15, 0.2) is 0 Å². The third-order valence-corrected chi connectivity index (χ3v) is 3.84. The maximum Gasteiger partial charge on any atom is 0.119 e. The number of nitrogens with one attached hydrogen (secondary N) is 1. The summed E-state index contributed by atoms with van der Waals surface area (Å²) in [5.74, 6) is 0.890. The van der Waals surface area contributed by atoms with E-state index < -0.39 is 0 Å². The van der Waals surface area contributed by atoms with Crippen LogP contribution in [-0.2, 0) is 6.42 Å². The van der Waals surface area contributed by atoms with Crippen molar-refractivity contribution in [3.8, 4) is 5.75 Å². The lowest BCUT2D eigenvalue weighted by Gasteiger charge is -2.20. The highest BCUT2D eigenvalue weighted by Gasteiger charge is 2.14. The van der Waals surface area contributed by atoms with Crippen molar-refractivity contribution < 1.29 is 4.74 Å². The molecule has 0 saturated heterocycles. The summed E-state index contributed by atoms with van der Waals surface area (Å²) >= 11 is 6.36. The number of halogens is 1. The standard InChI is InChI=1S/C18H22ClNO/c1-3-11-20-18(16-9-4-5-10-17(16)19)13-14-7-6-8-15(12-14)21-2/h4-10,12,18,20H,3,11,13H2,1-2H3. The molecule has 21 heavy (non-hydrogen) atoms. The van der Waals surface area contributed by atoms with Crippen LogP contribution in [0.5, 0.6) is 5.75 Å². The fourth-order valence-electron chi connectivity index (χ4n) is 2.40. The molecule has 0 fully saturated rings. The van der Waals surface area contributed by atoms with Gasteiger partial charge in [-0.2, -0.15) is 0 Å². The van der Waals surface area contributed by atoms with E-state index in [0.717, 1.165) is 35.7 Å². The van der Waals surface area contributed by atoms with Gasteiger partial charge in [-0.3, -0.25) is 0 Å². The number of hydrogen-bond acceptors (Lipinski definition) is 2. The van der Waals surface area contributed by atoms with Crippen molar-refractivity contribution in [2.24, 2.45) is 0 Å². The molecule has 3 heteroatoms. The number of benzene rings is 2. The molecule has 0 aromatic heterocycles. The smallest absolute Gasteiger partial charge is 0.119 e. The molecule has 0 radical (unpaired) electrons. The largest absolute Gasteiger partial charge is 0.497 e. The first-order valence-corrected chi connectivity index (χ1v) is 7.73. The lowest BCUT2D eigenvalue weighted by Crippen LogP contribution is -2.24. The minimum absolute atomic E-state index is 0.214. The van der Waals surface area contributed by atoms with Gasteiger partial charge in [-0.05, 0) is 48.7 Å². The molecule has 0 aliphatic carbocycles. The summed E-state index contributed by atoms with van der Waals surface area (Å²) in [7, 11) is 1.69. The maximum absolute atomic E-state index is 6.36. The van der Waals surface area contributed by atoms with Gasteiger partial charge in [-0.25, -0.2) is 0 Å². The Morgan fingerprint density at radius 1 is 1.14 bits per heavy atom. The van der Waals surface area contributed by atoms with Crippen molar-refractivity contribution in [2.75, 3.05) is 13.7 Å². The topological polar surface area (TPSA) is 21.3 Å². The van der Waals surface area contributed by atoms with E-state index in [1.165, 1.54) is 5.56 Å². The molecule has 0 aliphatic heterocycles. The SMILES string of the molecule is CCCNC(Cc1cccc(OC)c1)c1ccccc1Cl. The predicted octanol–water partition coefficient (Wildman–Crippen LogP) is 4.63. The molecule has 2 nitrogen and oxygen atoms in total. The van der Waals surface area contributed by atoms with Gasteiger partial charge < -0.3 is 10.1 Å². The number of hydrogen-bond donors (Lipinski definition) is 1. The van der Waals surface area contributed by atoms with E-state index in [-0.39, 0.29) is 6.04 Å². The summed E-state index contributed by atoms with van der Waals surface area (Å²) in [5.41, 5.74) is 2.39. The Balaban J connectivity index is 2.21. The van der Waals surface area contributed by atoms with E-state index in [9.17, 15) is 0 Å². The van der Waals surface area contributed by atoms with Crippen molar-refractivity contribution in [1.82, 2.24) is 5.32 Å². The third-order valence-electron chi connectivity index (χ3n) is 3.50. The summed E-state index contributed by atoms with van der Waals surface area (Å²) < 4.78 is 5.30. The molecule has 0 saturated carbocycles. The van der Waals surface area contributed by atoms with Crippen LogP contribution >= 0.6 is 11.6 Å². The Morgan fingerprint density at radius 3 is 2.67 bits per heavy atom. The monoisotopic (exact) mass is 303 g/mol. The van der Waals surface area contributed by atoms with E-state index in [1.54, 1.807) is 7.11 Å². The van der Waals surface area contributed by atoms with Crippen LogP contribution in [0.15, 0.2) is 48.5 Å². The molecule has 1 unspecified atom stereocenters. The van der Waals surface area contributed by atoms with Crippen LogP contribution in [0.2, 0.25) is 5.02 Å². The van der Waals surface area contributed by atoms with Crippen LogP contribution in [0.1, 0.15) is 30.5 Å². The van der Waals surface area contributed by atoms with Gasteiger partial charge in [0.25, 0.3) is 0 Å². The molecular weight excluding hydrogens is 282 g/mol. The van der Waals surface area contributed by atoms with Crippen molar-refractivity contribution in [3.63, 3.8) is 0 Å². The third kappa shape index (κ3) is 4.48. The summed E-state index contributed by atoms with van der Waals surface area (Å²) in [5, 5.41) is 4.40. The zero-order valence-corrected chi connectivity index (χ0v) is 13.4. The zero-order chi connectivity index (χ0) is 15.1. The molecule has 0 spiro atoms. The van der Waals surface area contributed by atoms with E-state index >= 15 is 0 Å². The van der Waals surface area contributed by atoms with E-state index in [4.69, 9.17) is 16.3 Å². The van der Waals surface area contributed by atoms with Crippen LogP contribution in [0.3, 0.4) is 0 Å². The average Bonchev–Trinajstić information content (AvgIpc) is 2.52. The molecule has 2 rings (SSSR count). The second-order valence-corrected chi connectivity index (χ2v) is 5.49. The minimum atomic E-state index is 0.214. The van der Waals surface area contributed by atoms with Crippen LogP contribution in [0.4, 0.5) is 0 Å². The van der Waals surface area contributed by atoms with Gasteiger partial charge in [0.05, 0.1) is 7.11 Å². The average molecular weight is 304 g/mol. The second-order valence-electron chi connectivity index (χ2n) is 5.08. The summed E-state index contributed by atoms with van der Waals surface area (Å²) in [4.78, 5) is 0. The summed E-state index contributed by atoms with van der Waals surface area (Å²) in [6.07, 6.45) is 1.99. The molecule has 2 aromatic rings. The van der Waals surface area contributed by atoms with Gasteiger partial charge in [0.2, 0.25) is 0 Å². The van der Waals surface area contributed by atoms with E-state index in [1.807, 2.05) is 30.3 Å². The van der Waals surface area contributed by atoms with Crippen molar-refractivity contribution in [2.45, 2.75) is 25.8 Å². The Hall–Kier alpha value is -1.51. The quantitative estimate of drug-likeness (QED) is 0.805. The summed E-state index contributed by atoms with van der Waals surface area (Å²) in [6, 6.07) is 16.5. The Morgan fingerprint density at radius 2 is 1.95 bits per heavy atom. The number of ether oxygens (including phenoxy) is 1. The molecule has 0 amide bonds. The van der Waals surface area contributed by atoms with Crippen molar-refractivity contribution in [1.29, 1.82) is 0 Å². The fraction of sp³-hybridized carbons (Fsp3) is 0.333. The predicted molar refractivity (Wildman–Crippen MR) is 89.2 cm³/mol. The molecule has 0 bridgehead atoms. The first kappa shape index (κ1) is 15.9. The van der Waals surface area contributed by atoms with Crippen LogP contribution in [-0.4, -0.2) is 13.7 Å². The van der Waals surface area contributed by atoms with Crippen molar-refractivity contribution >= 4 is 11.6 Å². The Kier molecular flexibility index (Phi) is 6.09. The highest BCUT2D eigenvalue weighted by molar-refractivity contribution is 6.31. The van der Waals surface area contributed by atoms with Gasteiger partial charge in [-0.15, -0.1) is 0 Å². The normalized spacial score (nSPS) is 12.1. The molecule has 1 N–H and O–H groups in total. The summed E-state index contributed by atoms with van der Waals surface area (Å²) in [6.45, 7) is 3.14. The number of methoxy groups -OCH3 is 1. The highest BCUT2D eigenvalue weighted by atomic mass is 35.5. The zero-order valence-electron chi connectivity index (χ0n) is 12.6. The fourth-order valence-corrected chi connectivity index (χ4v) is 2.67. The van der Waals surface area contributed by atoms with Crippen LogP contribution in [0, 0.1) is 0 Å². The highest BCUT2D eigenvalue weighted by Crippen LogP contribution is 2.26. The molecular formula is C18H22ClNO. The van der Waals surface area contributed by atoms with Crippen LogP contribution in [0.25, 0.3) is 0 Å². The molecule has 112 valence electrons. The van der Waals surface area contributed by atoms with Gasteiger partial charge >= 0.3 is 0 Å². The first-order chi connectivity index (χ1) is 10.2. The Bertz CT molecular complexity index is 571. The second kappa shape index (κ2) is 8.06. The van der Waals surface area contributed by atoms with Gasteiger partial charge in [-0.1, -0.05) is 48.9 Å². The minimum Gasteiger partial charge on any atom is -0.497 e. The van der Waals surface area contributed by atoms with E-state index in [0.29, 0.717) is 0 Å². The van der Waals surface area contributed by atoms with E-state index in [2.05, 4.69) is 30.4 Å². The maximum atomic E-state index is 6.36. The first-order valence-electron chi connectivity index (χ1n) is 7.35. The van der Waals surface area contributed by atoms with Crippen LogP contribution < -0.4 is 10.1 Å². The van der Waals surface area contributed by atoms with Gasteiger partial charge in [0.1, 0.15) is 5.75 Å². The molecule has 0 aliphatic rings. The van der Waals surface area contributed by atoms with Crippen molar-refractivity contribution in [3.05, 3.63) is 64.7 Å². The lowest BCUT2D eigenvalue weighted by atomic mass is 9.98. The van der Waals surface area contributed by atoms with Gasteiger partial charge in [0, 0.05) is 11.1 Å². The number of rotatable bonds is 7. The molecule has 1 atom stereocenters.